The molecule has 0 bridgehead atoms. The quantitative estimate of drug-likeness (QED) is 0.879. The molecular formula is C12H17N5O2. The average molecular weight is 263 g/mol. The van der Waals surface area contributed by atoms with Crippen LogP contribution in [0.5, 0.6) is 0 Å². The monoisotopic (exact) mass is 263 g/mol. The molecule has 1 amide bonds. The maximum absolute atomic E-state index is 12.0. The van der Waals surface area contributed by atoms with Gasteiger partial charge in [0.1, 0.15) is 12.8 Å². The van der Waals surface area contributed by atoms with Gasteiger partial charge in [0.2, 0.25) is 5.91 Å². The van der Waals surface area contributed by atoms with Gasteiger partial charge in [-0.05, 0) is 19.9 Å². The van der Waals surface area contributed by atoms with Crippen LogP contribution in [0.2, 0.25) is 0 Å². The smallest absolute Gasteiger partial charge is 0.249 e. The number of nitrogens with zero attached hydrogens (tertiary/aromatic N) is 4. The lowest BCUT2D eigenvalue weighted by molar-refractivity contribution is -0.119. The van der Waals surface area contributed by atoms with Crippen LogP contribution in [0.1, 0.15) is 18.7 Å². The van der Waals surface area contributed by atoms with Crippen molar-refractivity contribution in [3.05, 3.63) is 30.4 Å². The average Bonchev–Trinajstić information content (AvgIpc) is 2.98. The molecule has 0 saturated carbocycles. The first-order valence-electron chi connectivity index (χ1n) is 5.94. The predicted octanol–water partition coefficient (Wildman–Crippen LogP) is 1.19. The molecule has 102 valence electrons. The molecule has 0 aliphatic rings. The molecular weight excluding hydrogens is 246 g/mol. The van der Waals surface area contributed by atoms with Crippen molar-refractivity contribution in [1.29, 1.82) is 0 Å². The molecule has 0 radical (unpaired) electrons. The van der Waals surface area contributed by atoms with Gasteiger partial charge < -0.3 is 10.1 Å². The second-order valence-electron chi connectivity index (χ2n) is 4.29. The van der Waals surface area contributed by atoms with Gasteiger partial charge in [-0.3, -0.25) is 9.48 Å². The third kappa shape index (κ3) is 3.19. The minimum Gasteiger partial charge on any atom is -0.362 e. The highest BCUT2D eigenvalue weighted by molar-refractivity contribution is 5.93. The molecule has 1 N–H and O–H groups in total. The highest BCUT2D eigenvalue weighted by atomic mass is 16.5. The molecule has 0 aromatic carbocycles. The van der Waals surface area contributed by atoms with Crippen LogP contribution in [0.4, 0.5) is 5.69 Å². The van der Waals surface area contributed by atoms with Crippen LogP contribution in [0.3, 0.4) is 0 Å². The highest BCUT2D eigenvalue weighted by Gasteiger charge is 2.16. The summed E-state index contributed by atoms with van der Waals surface area (Å²) in [6.07, 6.45) is 5.08. The Hall–Kier alpha value is -2.15. The number of nitrogens with one attached hydrogen (secondary N) is 1. The van der Waals surface area contributed by atoms with Crippen LogP contribution < -0.4 is 5.32 Å². The zero-order valence-electron chi connectivity index (χ0n) is 11.2. The van der Waals surface area contributed by atoms with Crippen LogP contribution in [-0.4, -0.2) is 32.6 Å². The maximum Gasteiger partial charge on any atom is 0.249 e. The molecule has 0 spiro atoms. The number of amides is 1. The molecule has 19 heavy (non-hydrogen) atoms. The zero-order chi connectivity index (χ0) is 13.8. The number of methoxy groups -OCH3 is 1. The fourth-order valence-corrected chi connectivity index (χ4v) is 1.65. The lowest BCUT2D eigenvalue weighted by Gasteiger charge is -2.11. The number of aryl methyl sites for hydroxylation is 1. The molecule has 2 rings (SSSR count). The van der Waals surface area contributed by atoms with E-state index < -0.39 is 0 Å². The minimum atomic E-state index is -0.375. The van der Waals surface area contributed by atoms with Gasteiger partial charge >= 0.3 is 0 Å². The fraction of sp³-hybridized carbons (Fsp3) is 0.417. The molecule has 2 aromatic rings. The zero-order valence-corrected chi connectivity index (χ0v) is 11.2. The van der Waals surface area contributed by atoms with E-state index >= 15 is 0 Å². The van der Waals surface area contributed by atoms with Crippen molar-refractivity contribution in [2.75, 3.05) is 12.4 Å². The van der Waals surface area contributed by atoms with E-state index in [9.17, 15) is 4.79 Å². The number of carbonyl (C=O) groups excluding carboxylic acids is 1. The van der Waals surface area contributed by atoms with Crippen molar-refractivity contribution in [2.24, 2.45) is 0 Å². The number of aromatic nitrogens is 4. The van der Waals surface area contributed by atoms with Gasteiger partial charge in [0.25, 0.3) is 0 Å². The first kappa shape index (κ1) is 13.3. The lowest BCUT2D eigenvalue weighted by Crippen LogP contribution is -2.23. The van der Waals surface area contributed by atoms with Gasteiger partial charge in [-0.1, -0.05) is 0 Å². The molecule has 2 aromatic heterocycles. The number of anilines is 1. The summed E-state index contributed by atoms with van der Waals surface area (Å²) in [7, 11) is 1.59. The van der Waals surface area contributed by atoms with E-state index in [1.54, 1.807) is 42.0 Å². The summed E-state index contributed by atoms with van der Waals surface area (Å²) in [5.41, 5.74) is 1.52. The Kier molecular flexibility index (Phi) is 3.96. The summed E-state index contributed by atoms with van der Waals surface area (Å²) in [5.74, 6) is -0.139. The summed E-state index contributed by atoms with van der Waals surface area (Å²) in [4.78, 5) is 12.0. The van der Waals surface area contributed by atoms with Gasteiger partial charge in [-0.2, -0.15) is 10.2 Å². The third-order valence-electron chi connectivity index (χ3n) is 2.68. The predicted molar refractivity (Wildman–Crippen MR) is 69.5 cm³/mol. The summed E-state index contributed by atoms with van der Waals surface area (Å²) in [6, 6.07) is 1.49. The summed E-state index contributed by atoms with van der Waals surface area (Å²) >= 11 is 0. The highest BCUT2D eigenvalue weighted by Crippen LogP contribution is 2.11. The molecule has 0 aliphatic carbocycles. The third-order valence-corrected chi connectivity index (χ3v) is 2.68. The number of carbonyl (C=O) groups is 1. The van der Waals surface area contributed by atoms with E-state index in [2.05, 4.69) is 15.5 Å². The van der Waals surface area contributed by atoms with Crippen LogP contribution in [-0.2, 0) is 16.3 Å². The Morgan fingerprint density at radius 3 is 3.00 bits per heavy atom. The van der Waals surface area contributed by atoms with Gasteiger partial charge in [0, 0.05) is 13.3 Å². The van der Waals surface area contributed by atoms with E-state index in [-0.39, 0.29) is 11.9 Å². The van der Waals surface area contributed by atoms with Crippen molar-refractivity contribution in [2.45, 2.75) is 26.6 Å². The Bertz CT molecular complexity index is 560. The largest absolute Gasteiger partial charge is 0.362 e. The standard InChI is InChI=1S/C12H17N5O2/c1-9-4-5-17(15-9)10(2)12(18)14-11-6-13-16(7-11)8-19-3/h4-7,10H,8H2,1-3H3,(H,14,18). The molecule has 0 fully saturated rings. The van der Waals surface area contributed by atoms with E-state index in [1.165, 1.54) is 0 Å². The van der Waals surface area contributed by atoms with Crippen LogP contribution in [0, 0.1) is 6.92 Å². The number of hydrogen-bond donors (Lipinski definition) is 1. The summed E-state index contributed by atoms with van der Waals surface area (Å²) in [5, 5.41) is 11.1. The minimum absolute atomic E-state index is 0.139. The molecule has 2 heterocycles. The first-order chi connectivity index (χ1) is 9.10. The van der Waals surface area contributed by atoms with Gasteiger partial charge in [-0.25, -0.2) is 4.68 Å². The van der Waals surface area contributed by atoms with Gasteiger partial charge in [-0.15, -0.1) is 0 Å². The normalized spacial score (nSPS) is 12.4. The van der Waals surface area contributed by atoms with E-state index in [1.807, 2.05) is 13.0 Å². The topological polar surface area (TPSA) is 74.0 Å². The molecule has 1 atom stereocenters. The van der Waals surface area contributed by atoms with Crippen molar-refractivity contribution < 1.29 is 9.53 Å². The van der Waals surface area contributed by atoms with E-state index in [0.29, 0.717) is 12.4 Å². The van der Waals surface area contributed by atoms with Crippen LogP contribution in [0.25, 0.3) is 0 Å². The second-order valence-corrected chi connectivity index (χ2v) is 4.29. The number of ether oxygens (including phenoxy) is 1. The SMILES string of the molecule is COCn1cc(NC(=O)C(C)n2ccc(C)n2)cn1. The van der Waals surface area contributed by atoms with Gasteiger partial charge in [0.05, 0.1) is 23.8 Å². The van der Waals surface area contributed by atoms with Gasteiger partial charge in [0.15, 0.2) is 0 Å². The molecule has 7 heteroatoms. The Labute approximate surface area is 111 Å². The lowest BCUT2D eigenvalue weighted by atomic mass is 10.3. The van der Waals surface area contributed by atoms with E-state index in [4.69, 9.17) is 4.74 Å². The van der Waals surface area contributed by atoms with Crippen molar-refractivity contribution in [3.8, 4) is 0 Å². The molecule has 7 nitrogen and oxygen atoms in total. The molecule has 0 aliphatic heterocycles. The molecule has 0 saturated heterocycles. The summed E-state index contributed by atoms with van der Waals surface area (Å²) in [6.45, 7) is 4.03. The Morgan fingerprint density at radius 2 is 2.37 bits per heavy atom. The number of hydrogen-bond acceptors (Lipinski definition) is 4. The maximum atomic E-state index is 12.0. The molecule has 1 unspecified atom stereocenters. The van der Waals surface area contributed by atoms with Crippen molar-refractivity contribution >= 4 is 11.6 Å². The van der Waals surface area contributed by atoms with Crippen LogP contribution >= 0.6 is 0 Å². The Morgan fingerprint density at radius 1 is 1.58 bits per heavy atom. The fourth-order valence-electron chi connectivity index (χ4n) is 1.65. The van der Waals surface area contributed by atoms with Crippen molar-refractivity contribution in [1.82, 2.24) is 19.6 Å². The Balaban J connectivity index is 1.99. The second kappa shape index (κ2) is 5.66. The van der Waals surface area contributed by atoms with Crippen molar-refractivity contribution in [3.63, 3.8) is 0 Å². The van der Waals surface area contributed by atoms with Crippen LogP contribution in [0.15, 0.2) is 24.7 Å². The first-order valence-corrected chi connectivity index (χ1v) is 5.94. The summed E-state index contributed by atoms with van der Waals surface area (Å²) < 4.78 is 8.16. The number of rotatable bonds is 5. The van der Waals surface area contributed by atoms with E-state index in [0.717, 1.165) is 5.69 Å².